The second-order valence-corrected chi connectivity index (χ2v) is 6.83. The van der Waals surface area contributed by atoms with Gasteiger partial charge >= 0.3 is 0 Å². The van der Waals surface area contributed by atoms with Crippen molar-refractivity contribution in [2.75, 3.05) is 13.2 Å². The zero-order valence-electron chi connectivity index (χ0n) is 14.0. The number of rotatable bonds is 4. The van der Waals surface area contributed by atoms with Crippen LogP contribution in [0.4, 0.5) is 0 Å². The van der Waals surface area contributed by atoms with Gasteiger partial charge in [-0.15, -0.1) is 0 Å². The third kappa shape index (κ3) is 6.05. The summed E-state index contributed by atoms with van der Waals surface area (Å²) in [6.45, 7) is 5.93. The number of carbonyl (C=O) groups excluding carboxylic acids is 1. The van der Waals surface area contributed by atoms with E-state index in [9.17, 15) is 4.79 Å². The largest absolute Gasteiger partial charge is 0.353 e. The van der Waals surface area contributed by atoms with Crippen LogP contribution in [0.1, 0.15) is 52.4 Å². The van der Waals surface area contributed by atoms with Crippen LogP contribution in [0.25, 0.3) is 0 Å². The fourth-order valence-corrected chi connectivity index (χ4v) is 2.99. The molecule has 0 bridgehead atoms. The third-order valence-corrected chi connectivity index (χ3v) is 4.59. The van der Waals surface area contributed by atoms with Gasteiger partial charge in [0.1, 0.15) is 0 Å². The quantitative estimate of drug-likeness (QED) is 0.727. The highest BCUT2D eigenvalue weighted by atomic mass is 16.7. The first-order chi connectivity index (χ1) is 10.6. The Balaban J connectivity index is 1.92. The van der Waals surface area contributed by atoms with E-state index in [1.165, 1.54) is 6.42 Å². The molecule has 1 aliphatic carbocycles. The van der Waals surface area contributed by atoms with E-state index in [4.69, 9.17) is 9.47 Å². The Morgan fingerprint density at radius 2 is 2.14 bits per heavy atom. The molecule has 3 heteroatoms. The van der Waals surface area contributed by atoms with Crippen LogP contribution in [-0.2, 0) is 14.3 Å². The summed E-state index contributed by atoms with van der Waals surface area (Å²) in [6, 6.07) is 0. The molecule has 0 radical (unpaired) electrons. The molecule has 0 aromatic rings. The van der Waals surface area contributed by atoms with Crippen LogP contribution in [0.2, 0.25) is 0 Å². The standard InChI is InChI=1S/C19H30O3/c1-15(2)17-10-9-16(6-5-7-18(20)12-11-17)14-22-19-8-3-4-13-21-19/h5,7,9-10,15-17,19H,3-4,6,8,11-14H2,1-2H3/b7-5-,10-9-. The molecule has 124 valence electrons. The molecule has 1 fully saturated rings. The predicted octanol–water partition coefficient (Wildman–Crippen LogP) is 4.28. The SMILES string of the molecule is CC(C)C1/C=C\C(COC2CCCCO2)C/C=C\C(=O)CC1. The minimum Gasteiger partial charge on any atom is -0.353 e. The summed E-state index contributed by atoms with van der Waals surface area (Å²) in [4.78, 5) is 11.8. The average Bonchev–Trinajstić information content (AvgIpc) is 2.52. The van der Waals surface area contributed by atoms with E-state index in [0.29, 0.717) is 30.8 Å². The lowest BCUT2D eigenvalue weighted by Gasteiger charge is -2.25. The summed E-state index contributed by atoms with van der Waals surface area (Å²) in [5, 5.41) is 0. The van der Waals surface area contributed by atoms with E-state index < -0.39 is 0 Å². The Hall–Kier alpha value is -0.930. The number of allylic oxidation sites excluding steroid dienone is 3. The second kappa shape index (κ2) is 9.26. The molecule has 3 atom stereocenters. The molecule has 2 aliphatic rings. The lowest BCUT2D eigenvalue weighted by Crippen LogP contribution is -2.24. The molecule has 0 saturated carbocycles. The van der Waals surface area contributed by atoms with Gasteiger partial charge in [-0.1, -0.05) is 32.1 Å². The van der Waals surface area contributed by atoms with Crippen LogP contribution in [-0.4, -0.2) is 25.3 Å². The topological polar surface area (TPSA) is 35.5 Å². The van der Waals surface area contributed by atoms with Crippen LogP contribution in [0, 0.1) is 17.8 Å². The third-order valence-electron chi connectivity index (χ3n) is 4.59. The monoisotopic (exact) mass is 306 g/mol. The molecular weight excluding hydrogens is 276 g/mol. The van der Waals surface area contributed by atoms with Crippen molar-refractivity contribution < 1.29 is 14.3 Å². The first-order valence-corrected chi connectivity index (χ1v) is 8.76. The van der Waals surface area contributed by atoms with Gasteiger partial charge in [-0.2, -0.15) is 0 Å². The molecule has 3 unspecified atom stereocenters. The van der Waals surface area contributed by atoms with Crippen molar-refractivity contribution in [1.82, 2.24) is 0 Å². The summed E-state index contributed by atoms with van der Waals surface area (Å²) in [5.74, 6) is 1.62. The molecule has 0 aromatic heterocycles. The van der Waals surface area contributed by atoms with E-state index >= 15 is 0 Å². The van der Waals surface area contributed by atoms with E-state index in [1.807, 2.05) is 6.08 Å². The predicted molar refractivity (Wildman–Crippen MR) is 88.5 cm³/mol. The summed E-state index contributed by atoms with van der Waals surface area (Å²) < 4.78 is 11.5. The van der Waals surface area contributed by atoms with Crippen LogP contribution in [0.3, 0.4) is 0 Å². The van der Waals surface area contributed by atoms with Gasteiger partial charge in [-0.3, -0.25) is 4.79 Å². The van der Waals surface area contributed by atoms with Crippen molar-refractivity contribution in [1.29, 1.82) is 0 Å². The van der Waals surface area contributed by atoms with E-state index in [1.54, 1.807) is 6.08 Å². The Morgan fingerprint density at radius 1 is 1.27 bits per heavy atom. The molecule has 0 spiro atoms. The van der Waals surface area contributed by atoms with Gasteiger partial charge in [-0.05, 0) is 50.0 Å². The van der Waals surface area contributed by atoms with Gasteiger partial charge in [-0.25, -0.2) is 0 Å². The average molecular weight is 306 g/mol. The first-order valence-electron chi connectivity index (χ1n) is 8.76. The minimum atomic E-state index is -0.0379. The van der Waals surface area contributed by atoms with Crippen molar-refractivity contribution in [3.05, 3.63) is 24.3 Å². The number of ketones is 1. The van der Waals surface area contributed by atoms with Gasteiger partial charge < -0.3 is 9.47 Å². The van der Waals surface area contributed by atoms with Crippen LogP contribution in [0.15, 0.2) is 24.3 Å². The van der Waals surface area contributed by atoms with Gasteiger partial charge in [0.15, 0.2) is 12.1 Å². The molecule has 1 heterocycles. The Morgan fingerprint density at radius 3 is 2.86 bits per heavy atom. The second-order valence-electron chi connectivity index (χ2n) is 6.83. The Bertz CT molecular complexity index is 391. The zero-order chi connectivity index (χ0) is 15.8. The molecule has 1 aliphatic heterocycles. The maximum Gasteiger partial charge on any atom is 0.157 e. The van der Waals surface area contributed by atoms with Gasteiger partial charge in [0.2, 0.25) is 0 Å². The maximum atomic E-state index is 11.8. The molecule has 1 saturated heterocycles. The van der Waals surface area contributed by atoms with E-state index in [0.717, 1.165) is 32.3 Å². The van der Waals surface area contributed by atoms with Crippen LogP contribution >= 0.6 is 0 Å². The molecule has 22 heavy (non-hydrogen) atoms. The van der Waals surface area contributed by atoms with Crippen molar-refractivity contribution >= 4 is 5.78 Å². The van der Waals surface area contributed by atoms with E-state index in [-0.39, 0.29) is 12.1 Å². The number of hydrogen-bond acceptors (Lipinski definition) is 3. The summed E-state index contributed by atoms with van der Waals surface area (Å²) in [5.41, 5.74) is 0. The number of hydrogen-bond donors (Lipinski definition) is 0. The Labute approximate surface area is 134 Å². The van der Waals surface area contributed by atoms with Crippen molar-refractivity contribution in [2.24, 2.45) is 17.8 Å². The van der Waals surface area contributed by atoms with Gasteiger partial charge in [0.25, 0.3) is 0 Å². The minimum absolute atomic E-state index is 0.0379. The molecule has 0 N–H and O–H groups in total. The summed E-state index contributed by atoms with van der Waals surface area (Å²) in [7, 11) is 0. The lowest BCUT2D eigenvalue weighted by molar-refractivity contribution is -0.166. The molecule has 0 aromatic carbocycles. The summed E-state index contributed by atoms with van der Waals surface area (Å²) in [6.07, 6.45) is 14.1. The van der Waals surface area contributed by atoms with Gasteiger partial charge in [0, 0.05) is 18.9 Å². The fourth-order valence-electron chi connectivity index (χ4n) is 2.99. The highest BCUT2D eigenvalue weighted by Gasteiger charge is 2.17. The first kappa shape index (κ1) is 17.4. The fraction of sp³-hybridized carbons (Fsp3) is 0.737. The molecule has 0 amide bonds. The summed E-state index contributed by atoms with van der Waals surface area (Å²) >= 11 is 0. The molecule has 2 rings (SSSR count). The molecule has 3 nitrogen and oxygen atoms in total. The highest BCUT2D eigenvalue weighted by molar-refractivity contribution is 5.89. The normalized spacial score (nSPS) is 33.6. The highest BCUT2D eigenvalue weighted by Crippen LogP contribution is 2.23. The van der Waals surface area contributed by atoms with Crippen molar-refractivity contribution in [3.8, 4) is 0 Å². The van der Waals surface area contributed by atoms with Crippen molar-refractivity contribution in [3.63, 3.8) is 0 Å². The van der Waals surface area contributed by atoms with Gasteiger partial charge in [0.05, 0.1) is 6.61 Å². The van der Waals surface area contributed by atoms with Crippen molar-refractivity contribution in [2.45, 2.75) is 58.7 Å². The zero-order valence-corrected chi connectivity index (χ0v) is 14.0. The molecular formula is C19H30O3. The Kier molecular flexibility index (Phi) is 7.34. The van der Waals surface area contributed by atoms with Crippen LogP contribution in [0.5, 0.6) is 0 Å². The van der Waals surface area contributed by atoms with Crippen LogP contribution < -0.4 is 0 Å². The van der Waals surface area contributed by atoms with E-state index in [2.05, 4.69) is 26.0 Å². The maximum absolute atomic E-state index is 11.8. The number of ether oxygens (including phenoxy) is 2. The number of carbonyl (C=O) groups is 1. The smallest absolute Gasteiger partial charge is 0.157 e. The lowest BCUT2D eigenvalue weighted by atomic mass is 9.88.